The van der Waals surface area contributed by atoms with Crippen LogP contribution in [0.15, 0.2) is 73.4 Å². The Hall–Kier alpha value is -3.87. The van der Waals surface area contributed by atoms with Gasteiger partial charge in [0, 0.05) is 55.6 Å². The first kappa shape index (κ1) is 21.0. The van der Waals surface area contributed by atoms with Crippen molar-refractivity contribution in [3.63, 3.8) is 0 Å². The average Bonchev–Trinajstić information content (AvgIpc) is 3.40. The molecule has 0 bridgehead atoms. The Bertz CT molecular complexity index is 1210. The summed E-state index contributed by atoms with van der Waals surface area (Å²) in [6, 6.07) is 13.9. The number of amides is 1. The molecule has 5 rings (SSSR count). The number of aromatic amines is 1. The molecule has 166 valence electrons. The molecule has 33 heavy (non-hydrogen) atoms. The van der Waals surface area contributed by atoms with Crippen molar-refractivity contribution in [1.82, 2.24) is 29.8 Å². The molecule has 1 atom stereocenters. The lowest BCUT2D eigenvalue weighted by atomic mass is 9.93. The van der Waals surface area contributed by atoms with Gasteiger partial charge in [0.05, 0.1) is 11.9 Å². The lowest BCUT2D eigenvalue weighted by molar-refractivity contribution is 0.0672. The summed E-state index contributed by atoms with van der Waals surface area (Å²) in [6.07, 6.45) is 12.3. The number of hydrogen-bond acceptors (Lipinski definition) is 5. The van der Waals surface area contributed by atoms with Crippen LogP contribution in [0.5, 0.6) is 0 Å². The maximum atomic E-state index is 13.3. The van der Waals surface area contributed by atoms with Gasteiger partial charge in [-0.3, -0.25) is 14.8 Å². The number of hydrogen-bond donors (Lipinski definition) is 1. The number of H-pyrrole nitrogens is 1. The number of likely N-dealkylation sites (tertiary alicyclic amines) is 1. The third-order valence-corrected chi connectivity index (χ3v) is 6.02. The zero-order valence-corrected chi connectivity index (χ0v) is 18.4. The van der Waals surface area contributed by atoms with E-state index in [1.54, 1.807) is 24.8 Å². The number of nitrogens with zero attached hydrogens (tertiary/aromatic N) is 5. The number of aromatic nitrogens is 5. The molecule has 1 unspecified atom stereocenters. The second kappa shape index (κ2) is 9.73. The minimum absolute atomic E-state index is 0.0758. The zero-order chi connectivity index (χ0) is 22.5. The van der Waals surface area contributed by atoms with Gasteiger partial charge in [-0.1, -0.05) is 30.3 Å². The molecule has 7 nitrogen and oxygen atoms in total. The van der Waals surface area contributed by atoms with Gasteiger partial charge in [-0.25, -0.2) is 9.97 Å². The highest BCUT2D eigenvalue weighted by atomic mass is 16.2. The summed E-state index contributed by atoms with van der Waals surface area (Å²) in [6.45, 7) is 1.51. The van der Waals surface area contributed by atoms with Crippen molar-refractivity contribution in [1.29, 1.82) is 0 Å². The fourth-order valence-electron chi connectivity index (χ4n) is 4.43. The minimum atomic E-state index is 0.0758. The Balaban J connectivity index is 1.25. The van der Waals surface area contributed by atoms with E-state index >= 15 is 0 Å². The molecule has 4 aromatic rings. The number of benzene rings is 1. The second-order valence-corrected chi connectivity index (χ2v) is 8.50. The van der Waals surface area contributed by atoms with Crippen molar-refractivity contribution in [2.45, 2.75) is 25.7 Å². The van der Waals surface area contributed by atoms with E-state index in [1.807, 2.05) is 41.4 Å². The van der Waals surface area contributed by atoms with Crippen LogP contribution in [0.2, 0.25) is 0 Å². The predicted octanol–water partition coefficient (Wildman–Crippen LogP) is 3.95. The van der Waals surface area contributed by atoms with Gasteiger partial charge in [0.2, 0.25) is 0 Å². The third kappa shape index (κ3) is 5.14. The molecule has 1 aliphatic heterocycles. The standard InChI is InChI=1S/C26H26N6O/c33-26(21-8-9-28-22(15-21)13-19-5-2-1-3-6-19)32-12-4-7-20(18-32)14-23-16-27-17-24(31-23)25-29-10-11-30-25/h1-3,5-6,8-11,15-17,20H,4,7,12-14,18H2,(H,29,30). The Labute approximate surface area is 193 Å². The molecular weight excluding hydrogens is 412 g/mol. The van der Waals surface area contributed by atoms with E-state index < -0.39 is 0 Å². The fraction of sp³-hybridized carbons (Fsp3) is 0.269. The van der Waals surface area contributed by atoms with Gasteiger partial charge in [-0.2, -0.15) is 0 Å². The molecule has 1 saturated heterocycles. The molecule has 1 aliphatic rings. The number of carbonyl (C=O) groups is 1. The molecule has 0 aliphatic carbocycles. The van der Waals surface area contributed by atoms with Gasteiger partial charge < -0.3 is 9.88 Å². The first-order chi connectivity index (χ1) is 16.2. The topological polar surface area (TPSA) is 87.7 Å². The van der Waals surface area contributed by atoms with Gasteiger partial charge in [-0.15, -0.1) is 0 Å². The summed E-state index contributed by atoms with van der Waals surface area (Å²) >= 11 is 0. The van der Waals surface area contributed by atoms with Gasteiger partial charge in [-0.05, 0) is 42.9 Å². The quantitative estimate of drug-likeness (QED) is 0.493. The largest absolute Gasteiger partial charge is 0.343 e. The molecule has 4 heterocycles. The van der Waals surface area contributed by atoms with E-state index in [1.165, 1.54) is 5.56 Å². The summed E-state index contributed by atoms with van der Waals surface area (Å²) in [5, 5.41) is 0. The molecule has 0 spiro atoms. The summed E-state index contributed by atoms with van der Waals surface area (Å²) in [5.74, 6) is 1.15. The van der Waals surface area contributed by atoms with Crippen molar-refractivity contribution in [3.8, 4) is 11.5 Å². The van der Waals surface area contributed by atoms with Crippen LogP contribution in [0.4, 0.5) is 0 Å². The normalized spacial score (nSPS) is 16.0. The predicted molar refractivity (Wildman–Crippen MR) is 125 cm³/mol. The number of pyridine rings is 1. The molecule has 0 saturated carbocycles. The highest BCUT2D eigenvalue weighted by molar-refractivity contribution is 5.94. The minimum Gasteiger partial charge on any atom is -0.343 e. The molecule has 1 fully saturated rings. The lowest BCUT2D eigenvalue weighted by Gasteiger charge is -2.32. The van der Waals surface area contributed by atoms with Crippen LogP contribution in [0, 0.1) is 5.92 Å². The lowest BCUT2D eigenvalue weighted by Crippen LogP contribution is -2.40. The molecule has 3 aromatic heterocycles. The van der Waals surface area contributed by atoms with Crippen LogP contribution in [0.3, 0.4) is 0 Å². The number of imidazole rings is 1. The molecule has 7 heteroatoms. The van der Waals surface area contributed by atoms with E-state index in [0.717, 1.165) is 55.9 Å². The SMILES string of the molecule is O=C(c1ccnc(Cc2ccccc2)c1)N1CCCC(Cc2cncc(-c3ncc[nH]3)n2)C1. The molecule has 1 aromatic carbocycles. The van der Waals surface area contributed by atoms with Crippen molar-refractivity contribution in [3.05, 3.63) is 96.0 Å². The Morgan fingerprint density at radius 1 is 1.06 bits per heavy atom. The number of carbonyl (C=O) groups excluding carboxylic acids is 1. The summed E-state index contributed by atoms with van der Waals surface area (Å²) in [7, 11) is 0. The van der Waals surface area contributed by atoms with E-state index in [-0.39, 0.29) is 5.91 Å². The molecule has 1 amide bonds. The highest BCUT2D eigenvalue weighted by Crippen LogP contribution is 2.23. The Morgan fingerprint density at radius 2 is 1.97 bits per heavy atom. The van der Waals surface area contributed by atoms with Crippen molar-refractivity contribution < 1.29 is 4.79 Å². The third-order valence-electron chi connectivity index (χ3n) is 6.02. The van der Waals surface area contributed by atoms with Crippen LogP contribution in [0.25, 0.3) is 11.5 Å². The van der Waals surface area contributed by atoms with Crippen LogP contribution < -0.4 is 0 Å². The molecular formula is C26H26N6O. The Morgan fingerprint density at radius 3 is 2.82 bits per heavy atom. The van der Waals surface area contributed by atoms with Crippen molar-refractivity contribution in [2.24, 2.45) is 5.92 Å². The first-order valence-electron chi connectivity index (χ1n) is 11.3. The smallest absolute Gasteiger partial charge is 0.253 e. The maximum absolute atomic E-state index is 13.3. The zero-order valence-electron chi connectivity index (χ0n) is 18.4. The molecule has 0 radical (unpaired) electrons. The van der Waals surface area contributed by atoms with Crippen LogP contribution >= 0.6 is 0 Å². The monoisotopic (exact) mass is 438 g/mol. The van der Waals surface area contributed by atoms with E-state index in [0.29, 0.717) is 17.3 Å². The highest BCUT2D eigenvalue weighted by Gasteiger charge is 2.25. The van der Waals surface area contributed by atoms with E-state index in [9.17, 15) is 4.79 Å². The van der Waals surface area contributed by atoms with Gasteiger partial charge >= 0.3 is 0 Å². The van der Waals surface area contributed by atoms with E-state index in [2.05, 4.69) is 32.1 Å². The fourth-order valence-corrected chi connectivity index (χ4v) is 4.43. The van der Waals surface area contributed by atoms with E-state index in [4.69, 9.17) is 4.98 Å². The maximum Gasteiger partial charge on any atom is 0.253 e. The first-order valence-corrected chi connectivity index (χ1v) is 11.3. The summed E-state index contributed by atoms with van der Waals surface area (Å²) in [4.78, 5) is 36.1. The van der Waals surface area contributed by atoms with Crippen LogP contribution in [-0.2, 0) is 12.8 Å². The summed E-state index contributed by atoms with van der Waals surface area (Å²) in [5.41, 5.74) is 4.47. The number of nitrogens with one attached hydrogen (secondary N) is 1. The van der Waals surface area contributed by atoms with Gasteiger partial charge in [0.25, 0.3) is 5.91 Å². The van der Waals surface area contributed by atoms with Crippen LogP contribution in [0.1, 0.15) is 40.2 Å². The van der Waals surface area contributed by atoms with Crippen LogP contribution in [-0.4, -0.2) is 48.8 Å². The Kier molecular flexibility index (Phi) is 6.19. The number of piperidine rings is 1. The van der Waals surface area contributed by atoms with Gasteiger partial charge in [0.1, 0.15) is 5.69 Å². The summed E-state index contributed by atoms with van der Waals surface area (Å²) < 4.78 is 0. The average molecular weight is 439 g/mol. The van der Waals surface area contributed by atoms with Crippen molar-refractivity contribution >= 4 is 5.91 Å². The van der Waals surface area contributed by atoms with Gasteiger partial charge in [0.15, 0.2) is 5.82 Å². The van der Waals surface area contributed by atoms with Crippen molar-refractivity contribution in [2.75, 3.05) is 13.1 Å². The second-order valence-electron chi connectivity index (χ2n) is 8.50. The molecule has 1 N–H and O–H groups in total. The number of rotatable bonds is 6.